The van der Waals surface area contributed by atoms with Gasteiger partial charge in [-0.25, -0.2) is 0 Å². The summed E-state index contributed by atoms with van der Waals surface area (Å²) in [5.41, 5.74) is 2.58. The Kier molecular flexibility index (Phi) is 4.28. The number of carbonyl (C=O) groups is 1. The van der Waals surface area contributed by atoms with Crippen LogP contribution in [0.2, 0.25) is 0 Å². The number of rotatable bonds is 4. The number of likely N-dealkylation sites (tertiary alicyclic amines) is 1. The van der Waals surface area contributed by atoms with Crippen molar-refractivity contribution in [2.24, 2.45) is 0 Å². The van der Waals surface area contributed by atoms with E-state index in [4.69, 9.17) is 4.52 Å². The number of benzene rings is 1. The molecule has 1 aromatic carbocycles. The van der Waals surface area contributed by atoms with Gasteiger partial charge in [-0.3, -0.25) is 9.89 Å². The van der Waals surface area contributed by atoms with Crippen molar-refractivity contribution in [3.63, 3.8) is 0 Å². The molecule has 4 rings (SSSR count). The van der Waals surface area contributed by atoms with Crippen LogP contribution in [0.15, 0.2) is 41.1 Å². The van der Waals surface area contributed by atoms with E-state index in [-0.39, 0.29) is 17.9 Å². The summed E-state index contributed by atoms with van der Waals surface area (Å²) in [4.78, 5) is 19.3. The first-order valence-electron chi connectivity index (χ1n) is 8.88. The number of aromatic nitrogens is 4. The van der Waals surface area contributed by atoms with Crippen molar-refractivity contribution < 1.29 is 9.32 Å². The third-order valence-electron chi connectivity index (χ3n) is 4.72. The number of amides is 1. The molecule has 26 heavy (non-hydrogen) atoms. The number of hydrogen-bond acceptors (Lipinski definition) is 5. The van der Waals surface area contributed by atoms with E-state index < -0.39 is 0 Å². The van der Waals surface area contributed by atoms with Gasteiger partial charge in [0.25, 0.3) is 5.91 Å². The fourth-order valence-corrected chi connectivity index (χ4v) is 3.26. The van der Waals surface area contributed by atoms with Gasteiger partial charge in [0.2, 0.25) is 5.89 Å². The maximum Gasteiger partial charge on any atom is 0.254 e. The predicted molar refractivity (Wildman–Crippen MR) is 95.4 cm³/mol. The van der Waals surface area contributed by atoms with E-state index in [0.29, 0.717) is 23.8 Å². The van der Waals surface area contributed by atoms with Gasteiger partial charge in [-0.2, -0.15) is 10.1 Å². The molecule has 3 aromatic rings. The van der Waals surface area contributed by atoms with Crippen LogP contribution in [0.1, 0.15) is 60.7 Å². The molecule has 3 heterocycles. The topological polar surface area (TPSA) is 87.9 Å². The molecule has 0 unspecified atom stereocenters. The molecule has 0 aliphatic carbocycles. The molecule has 2 aromatic heterocycles. The average Bonchev–Trinajstić information content (AvgIpc) is 3.42. The lowest BCUT2D eigenvalue weighted by molar-refractivity contribution is 0.0710. The molecule has 7 heteroatoms. The quantitative estimate of drug-likeness (QED) is 0.776. The highest BCUT2D eigenvalue weighted by atomic mass is 16.5. The van der Waals surface area contributed by atoms with Gasteiger partial charge in [0.05, 0.1) is 5.69 Å². The molecule has 1 fully saturated rings. The lowest BCUT2D eigenvalue weighted by Crippen LogP contribution is -2.30. The Hall–Kier alpha value is -2.96. The Bertz CT molecular complexity index is 883. The van der Waals surface area contributed by atoms with E-state index >= 15 is 0 Å². The van der Waals surface area contributed by atoms with Crippen LogP contribution in [-0.4, -0.2) is 37.7 Å². The number of hydrogen-bond donors (Lipinski definition) is 1. The summed E-state index contributed by atoms with van der Waals surface area (Å²) in [5.74, 6) is 1.41. The maximum absolute atomic E-state index is 13.0. The normalized spacial score (nSPS) is 17.2. The second-order valence-electron chi connectivity index (χ2n) is 6.85. The van der Waals surface area contributed by atoms with Crippen LogP contribution >= 0.6 is 0 Å². The molecule has 1 atom stereocenters. The molecule has 0 saturated carbocycles. The minimum Gasteiger partial charge on any atom is -0.337 e. The second-order valence-corrected chi connectivity index (χ2v) is 6.85. The van der Waals surface area contributed by atoms with Gasteiger partial charge in [-0.1, -0.05) is 31.1 Å². The van der Waals surface area contributed by atoms with Crippen molar-refractivity contribution in [3.05, 3.63) is 53.8 Å². The highest BCUT2D eigenvalue weighted by Gasteiger charge is 2.34. The van der Waals surface area contributed by atoms with Crippen LogP contribution in [0.4, 0.5) is 0 Å². The molecule has 0 radical (unpaired) electrons. The first kappa shape index (κ1) is 16.5. The van der Waals surface area contributed by atoms with Crippen LogP contribution in [-0.2, 0) is 0 Å². The molecular formula is C19H21N5O2. The van der Waals surface area contributed by atoms with Gasteiger partial charge in [-0.05, 0) is 36.6 Å². The van der Waals surface area contributed by atoms with E-state index in [2.05, 4.69) is 20.3 Å². The molecule has 0 spiro atoms. The summed E-state index contributed by atoms with van der Waals surface area (Å²) in [6.45, 7) is 4.74. The van der Waals surface area contributed by atoms with Gasteiger partial charge in [0.1, 0.15) is 6.04 Å². The Morgan fingerprint density at radius 2 is 2.08 bits per heavy atom. The average molecular weight is 351 g/mol. The van der Waals surface area contributed by atoms with Crippen LogP contribution in [0.5, 0.6) is 0 Å². The minimum atomic E-state index is -0.144. The zero-order chi connectivity index (χ0) is 18.1. The summed E-state index contributed by atoms with van der Waals surface area (Å²) in [6.07, 6.45) is 3.48. The largest absolute Gasteiger partial charge is 0.337 e. The number of aromatic amines is 1. The van der Waals surface area contributed by atoms with Crippen LogP contribution in [0.25, 0.3) is 11.3 Å². The van der Waals surface area contributed by atoms with Crippen LogP contribution in [0.3, 0.4) is 0 Å². The van der Waals surface area contributed by atoms with Crippen molar-refractivity contribution in [2.45, 2.75) is 38.6 Å². The van der Waals surface area contributed by atoms with Crippen molar-refractivity contribution in [1.82, 2.24) is 25.2 Å². The molecule has 1 aliphatic heterocycles. The van der Waals surface area contributed by atoms with Crippen molar-refractivity contribution in [2.75, 3.05) is 6.54 Å². The summed E-state index contributed by atoms with van der Waals surface area (Å²) < 4.78 is 5.43. The number of H-pyrrole nitrogens is 1. The standard InChI is InChI=1S/C19H21N5O2/c1-12(2)17-21-18(26-23-17)16-4-3-11-24(16)19(25)14-7-5-13(6-8-14)15-9-10-20-22-15/h5-10,12,16H,3-4,11H2,1-2H3,(H,20,22)/t16-/m0/s1. The smallest absolute Gasteiger partial charge is 0.254 e. The van der Waals surface area contributed by atoms with Gasteiger partial charge in [0.15, 0.2) is 5.82 Å². The fourth-order valence-electron chi connectivity index (χ4n) is 3.26. The summed E-state index contributed by atoms with van der Waals surface area (Å²) in [7, 11) is 0. The molecule has 1 amide bonds. The van der Waals surface area contributed by atoms with Gasteiger partial charge in [-0.15, -0.1) is 0 Å². The zero-order valence-corrected chi connectivity index (χ0v) is 14.8. The monoisotopic (exact) mass is 351 g/mol. The molecule has 1 saturated heterocycles. The van der Waals surface area contributed by atoms with Gasteiger partial charge < -0.3 is 9.42 Å². The molecular weight excluding hydrogens is 330 g/mol. The molecule has 0 bridgehead atoms. The van der Waals surface area contributed by atoms with Crippen LogP contribution in [0, 0.1) is 0 Å². The Balaban J connectivity index is 1.54. The van der Waals surface area contributed by atoms with Gasteiger partial charge in [0, 0.05) is 24.2 Å². The van der Waals surface area contributed by atoms with Crippen molar-refractivity contribution >= 4 is 5.91 Å². The van der Waals surface area contributed by atoms with Gasteiger partial charge >= 0.3 is 0 Å². The number of nitrogens with one attached hydrogen (secondary N) is 1. The maximum atomic E-state index is 13.0. The Morgan fingerprint density at radius 1 is 1.27 bits per heavy atom. The Morgan fingerprint density at radius 3 is 2.73 bits per heavy atom. The van der Waals surface area contributed by atoms with Crippen molar-refractivity contribution in [1.29, 1.82) is 0 Å². The molecule has 7 nitrogen and oxygen atoms in total. The predicted octanol–water partition coefficient (Wildman–Crippen LogP) is 3.56. The van der Waals surface area contributed by atoms with E-state index in [1.165, 1.54) is 0 Å². The lowest BCUT2D eigenvalue weighted by Gasteiger charge is -2.22. The summed E-state index contributed by atoms with van der Waals surface area (Å²) in [5, 5.41) is 10.9. The first-order valence-corrected chi connectivity index (χ1v) is 8.88. The third-order valence-corrected chi connectivity index (χ3v) is 4.72. The number of carbonyl (C=O) groups excluding carboxylic acids is 1. The Labute approximate surface area is 151 Å². The highest BCUT2D eigenvalue weighted by Crippen LogP contribution is 2.33. The van der Waals surface area contributed by atoms with E-state index in [0.717, 1.165) is 24.1 Å². The van der Waals surface area contributed by atoms with E-state index in [1.807, 2.05) is 49.1 Å². The molecule has 134 valence electrons. The summed E-state index contributed by atoms with van der Waals surface area (Å²) >= 11 is 0. The van der Waals surface area contributed by atoms with Crippen molar-refractivity contribution in [3.8, 4) is 11.3 Å². The zero-order valence-electron chi connectivity index (χ0n) is 14.8. The highest BCUT2D eigenvalue weighted by molar-refractivity contribution is 5.95. The number of nitrogens with zero attached hydrogens (tertiary/aromatic N) is 4. The van der Waals surface area contributed by atoms with E-state index in [1.54, 1.807) is 6.20 Å². The second kappa shape index (κ2) is 6.74. The molecule has 1 N–H and O–H groups in total. The molecule has 1 aliphatic rings. The SMILES string of the molecule is CC(C)c1noc([C@@H]2CCCN2C(=O)c2ccc(-c3ccn[nH]3)cc2)n1. The lowest BCUT2D eigenvalue weighted by atomic mass is 10.1. The summed E-state index contributed by atoms with van der Waals surface area (Å²) in [6, 6.07) is 9.30. The third kappa shape index (κ3) is 3.00. The minimum absolute atomic E-state index is 0.00652. The van der Waals surface area contributed by atoms with E-state index in [9.17, 15) is 4.79 Å². The first-order chi connectivity index (χ1) is 12.6. The fraction of sp³-hybridized carbons (Fsp3) is 0.368. The van der Waals surface area contributed by atoms with Crippen LogP contribution < -0.4 is 0 Å².